The minimum Gasteiger partial charge on any atom is -0.491 e. The van der Waals surface area contributed by atoms with E-state index in [0.717, 1.165) is 16.9 Å². The summed E-state index contributed by atoms with van der Waals surface area (Å²) >= 11 is 0. The number of hydrogen-bond acceptors (Lipinski definition) is 5. The van der Waals surface area contributed by atoms with E-state index in [1.54, 1.807) is 6.92 Å². The number of rotatable bonds is 12. The first-order chi connectivity index (χ1) is 13.2. The highest BCUT2D eigenvalue weighted by Crippen LogP contribution is 2.15. The Kier molecular flexibility index (Phi) is 9.38. The maximum atomic E-state index is 11.9. The SMILES string of the molecule is CCOC(=O)C(Cc1ccc(OCCOCc2ccccc2)cc1)OCC. The molecule has 0 bridgehead atoms. The van der Waals surface area contributed by atoms with Crippen molar-refractivity contribution in [2.24, 2.45) is 0 Å². The molecular weight excluding hydrogens is 344 g/mol. The summed E-state index contributed by atoms with van der Waals surface area (Å²) in [6.07, 6.45) is -0.0965. The van der Waals surface area contributed by atoms with Crippen molar-refractivity contribution in [3.8, 4) is 5.75 Å². The summed E-state index contributed by atoms with van der Waals surface area (Å²) in [6, 6.07) is 17.7. The van der Waals surface area contributed by atoms with E-state index in [1.807, 2.05) is 61.5 Å². The molecule has 0 radical (unpaired) electrons. The van der Waals surface area contributed by atoms with Crippen molar-refractivity contribution in [2.75, 3.05) is 26.4 Å². The molecule has 5 heteroatoms. The lowest BCUT2D eigenvalue weighted by Crippen LogP contribution is -2.28. The molecule has 2 rings (SSSR count). The van der Waals surface area contributed by atoms with E-state index in [-0.39, 0.29) is 5.97 Å². The quantitative estimate of drug-likeness (QED) is 0.419. The fourth-order valence-electron chi connectivity index (χ4n) is 2.57. The minimum absolute atomic E-state index is 0.324. The lowest BCUT2D eigenvalue weighted by atomic mass is 10.1. The number of ether oxygens (including phenoxy) is 4. The number of hydrogen-bond donors (Lipinski definition) is 0. The molecule has 27 heavy (non-hydrogen) atoms. The maximum Gasteiger partial charge on any atom is 0.335 e. The molecule has 0 heterocycles. The van der Waals surface area contributed by atoms with Gasteiger partial charge in [0.05, 0.1) is 19.8 Å². The third-order valence-corrected chi connectivity index (χ3v) is 3.87. The number of carbonyl (C=O) groups is 1. The Labute approximate surface area is 161 Å². The van der Waals surface area contributed by atoms with Crippen LogP contribution < -0.4 is 4.74 Å². The average Bonchev–Trinajstić information content (AvgIpc) is 2.69. The highest BCUT2D eigenvalue weighted by atomic mass is 16.6. The Bertz CT molecular complexity index is 654. The molecule has 1 unspecified atom stereocenters. The third-order valence-electron chi connectivity index (χ3n) is 3.87. The van der Waals surface area contributed by atoms with Gasteiger partial charge in [0.25, 0.3) is 0 Å². The monoisotopic (exact) mass is 372 g/mol. The summed E-state index contributed by atoms with van der Waals surface area (Å²) < 4.78 is 21.8. The molecule has 5 nitrogen and oxygen atoms in total. The molecule has 0 amide bonds. The second-order valence-corrected chi connectivity index (χ2v) is 5.93. The molecule has 146 valence electrons. The molecule has 0 aliphatic heterocycles. The van der Waals surface area contributed by atoms with Crippen LogP contribution in [0.1, 0.15) is 25.0 Å². The Hall–Kier alpha value is -2.37. The Morgan fingerprint density at radius 2 is 1.63 bits per heavy atom. The van der Waals surface area contributed by atoms with E-state index in [9.17, 15) is 4.79 Å². The van der Waals surface area contributed by atoms with E-state index in [0.29, 0.717) is 39.5 Å². The van der Waals surface area contributed by atoms with Crippen molar-refractivity contribution in [3.63, 3.8) is 0 Å². The average molecular weight is 372 g/mol. The van der Waals surface area contributed by atoms with Gasteiger partial charge >= 0.3 is 5.97 Å². The van der Waals surface area contributed by atoms with E-state index < -0.39 is 6.10 Å². The Morgan fingerprint density at radius 3 is 2.30 bits per heavy atom. The van der Waals surface area contributed by atoms with Gasteiger partial charge in [-0.05, 0) is 37.1 Å². The highest BCUT2D eigenvalue weighted by molar-refractivity contribution is 5.75. The number of esters is 1. The smallest absolute Gasteiger partial charge is 0.335 e. The van der Waals surface area contributed by atoms with Crippen molar-refractivity contribution < 1.29 is 23.7 Å². The van der Waals surface area contributed by atoms with Gasteiger partial charge in [0.15, 0.2) is 6.10 Å². The van der Waals surface area contributed by atoms with Crippen LogP contribution in [0.2, 0.25) is 0 Å². The predicted octanol–water partition coefficient (Wildman–Crippen LogP) is 3.79. The molecule has 0 aliphatic rings. The van der Waals surface area contributed by atoms with Crippen molar-refractivity contribution in [2.45, 2.75) is 33.0 Å². The molecular formula is C22H28O5. The van der Waals surface area contributed by atoms with Crippen LogP contribution in [0.5, 0.6) is 5.75 Å². The summed E-state index contributed by atoms with van der Waals surface area (Å²) in [7, 11) is 0. The standard InChI is InChI=1S/C22H28O5/c1-3-25-21(22(23)26-4-2)16-18-10-12-20(13-11-18)27-15-14-24-17-19-8-6-5-7-9-19/h5-13,21H,3-4,14-17H2,1-2H3. The summed E-state index contributed by atoms with van der Waals surface area (Å²) in [4.78, 5) is 11.9. The van der Waals surface area contributed by atoms with Crippen LogP contribution in [-0.4, -0.2) is 38.5 Å². The first kappa shape index (κ1) is 20.9. The van der Waals surface area contributed by atoms with Crippen LogP contribution in [0, 0.1) is 0 Å². The molecule has 2 aromatic rings. The Balaban J connectivity index is 1.73. The van der Waals surface area contributed by atoms with Crippen molar-refractivity contribution in [1.82, 2.24) is 0 Å². The molecule has 1 atom stereocenters. The molecule has 0 aliphatic carbocycles. The van der Waals surface area contributed by atoms with Crippen LogP contribution in [-0.2, 0) is 32.0 Å². The molecule has 0 aromatic heterocycles. The lowest BCUT2D eigenvalue weighted by molar-refractivity contribution is -0.156. The molecule has 0 N–H and O–H groups in total. The maximum absolute atomic E-state index is 11.9. The topological polar surface area (TPSA) is 54.0 Å². The molecule has 0 saturated heterocycles. The number of carbonyl (C=O) groups excluding carboxylic acids is 1. The molecule has 2 aromatic carbocycles. The second kappa shape index (κ2) is 12.1. The fraction of sp³-hybridized carbons (Fsp3) is 0.409. The van der Waals surface area contributed by atoms with E-state index in [2.05, 4.69) is 0 Å². The van der Waals surface area contributed by atoms with Gasteiger partial charge in [-0.1, -0.05) is 42.5 Å². The predicted molar refractivity (Wildman–Crippen MR) is 104 cm³/mol. The second-order valence-electron chi connectivity index (χ2n) is 5.93. The van der Waals surface area contributed by atoms with Crippen molar-refractivity contribution in [1.29, 1.82) is 0 Å². The lowest BCUT2D eigenvalue weighted by Gasteiger charge is -2.15. The summed E-state index contributed by atoms with van der Waals surface area (Å²) in [5, 5.41) is 0. The van der Waals surface area contributed by atoms with Crippen LogP contribution in [0.3, 0.4) is 0 Å². The van der Waals surface area contributed by atoms with E-state index in [1.165, 1.54) is 0 Å². The number of benzene rings is 2. The summed E-state index contributed by atoms with van der Waals surface area (Å²) in [5.74, 6) is 0.446. The normalized spacial score (nSPS) is 11.8. The summed E-state index contributed by atoms with van der Waals surface area (Å²) in [5.41, 5.74) is 2.14. The van der Waals surface area contributed by atoms with Gasteiger partial charge < -0.3 is 18.9 Å². The minimum atomic E-state index is -0.576. The third kappa shape index (κ3) is 7.81. The van der Waals surface area contributed by atoms with Crippen molar-refractivity contribution >= 4 is 5.97 Å². The van der Waals surface area contributed by atoms with Crippen LogP contribution in [0.15, 0.2) is 54.6 Å². The van der Waals surface area contributed by atoms with Crippen LogP contribution in [0.4, 0.5) is 0 Å². The van der Waals surface area contributed by atoms with Gasteiger partial charge in [0.2, 0.25) is 0 Å². The molecule has 0 saturated carbocycles. The van der Waals surface area contributed by atoms with Crippen LogP contribution >= 0.6 is 0 Å². The van der Waals surface area contributed by atoms with Gasteiger partial charge in [-0.3, -0.25) is 0 Å². The molecule has 0 fully saturated rings. The first-order valence-corrected chi connectivity index (χ1v) is 9.34. The summed E-state index contributed by atoms with van der Waals surface area (Å²) in [6.45, 7) is 6.05. The van der Waals surface area contributed by atoms with Gasteiger partial charge in [-0.2, -0.15) is 0 Å². The zero-order valence-corrected chi connectivity index (χ0v) is 16.1. The van der Waals surface area contributed by atoms with E-state index in [4.69, 9.17) is 18.9 Å². The zero-order valence-electron chi connectivity index (χ0n) is 16.1. The van der Waals surface area contributed by atoms with Gasteiger partial charge in [0, 0.05) is 13.0 Å². The van der Waals surface area contributed by atoms with Crippen LogP contribution in [0.25, 0.3) is 0 Å². The van der Waals surface area contributed by atoms with E-state index >= 15 is 0 Å². The largest absolute Gasteiger partial charge is 0.491 e. The van der Waals surface area contributed by atoms with Crippen molar-refractivity contribution in [3.05, 3.63) is 65.7 Å². The van der Waals surface area contributed by atoms with Gasteiger partial charge in [-0.25, -0.2) is 4.79 Å². The Morgan fingerprint density at radius 1 is 0.889 bits per heavy atom. The zero-order chi connectivity index (χ0) is 19.3. The van der Waals surface area contributed by atoms with Gasteiger partial charge in [0.1, 0.15) is 12.4 Å². The molecule has 0 spiro atoms. The van der Waals surface area contributed by atoms with Gasteiger partial charge in [-0.15, -0.1) is 0 Å². The fourth-order valence-corrected chi connectivity index (χ4v) is 2.57. The first-order valence-electron chi connectivity index (χ1n) is 9.34. The highest BCUT2D eigenvalue weighted by Gasteiger charge is 2.20.